The number of methoxy groups -OCH3 is 2. The molecule has 0 radical (unpaired) electrons. The van der Waals surface area contributed by atoms with E-state index < -0.39 is 36.0 Å². The van der Waals surface area contributed by atoms with E-state index in [4.69, 9.17) is 18.9 Å². The van der Waals surface area contributed by atoms with Crippen molar-refractivity contribution in [1.82, 2.24) is 20.9 Å². The number of carbonyl (C=O) groups excluding carboxylic acids is 3. The first-order chi connectivity index (χ1) is 19.5. The summed E-state index contributed by atoms with van der Waals surface area (Å²) in [5.74, 6) is 0.901. The van der Waals surface area contributed by atoms with Crippen LogP contribution in [0.25, 0.3) is 0 Å². The Morgan fingerprint density at radius 2 is 1.76 bits per heavy atom. The van der Waals surface area contributed by atoms with E-state index in [2.05, 4.69) is 16.0 Å². The Balaban J connectivity index is 1.61. The number of likely N-dealkylation sites (tertiary alicyclic amines) is 1. The Labute approximate surface area is 240 Å². The molecule has 3 rings (SSSR count). The third-order valence-electron chi connectivity index (χ3n) is 6.27. The van der Waals surface area contributed by atoms with Gasteiger partial charge in [-0.15, -0.1) is 0 Å². The lowest BCUT2D eigenvalue weighted by atomic mass is 9.93. The number of benzene rings is 2. The van der Waals surface area contributed by atoms with Gasteiger partial charge in [0.05, 0.1) is 26.4 Å². The molecule has 12 nitrogen and oxygen atoms in total. The van der Waals surface area contributed by atoms with Crippen molar-refractivity contribution in [3.05, 3.63) is 59.7 Å². The maximum atomic E-state index is 13.1. The van der Waals surface area contributed by atoms with Gasteiger partial charge in [-0.2, -0.15) is 0 Å². The summed E-state index contributed by atoms with van der Waals surface area (Å²) < 4.78 is 21.2. The highest BCUT2D eigenvalue weighted by Crippen LogP contribution is 2.30. The molecule has 12 heteroatoms. The first kappa shape index (κ1) is 31.5. The quantitative estimate of drug-likeness (QED) is 0.265. The SMILES string of the molecule is COc1ccc(CN2C(=O)[C@@H](NC(=O)OCc3ccccc3)[C@H]2CNC[C@@H](O)CNC(=O)OC(C)(C)C)c(OC)c1. The van der Waals surface area contributed by atoms with E-state index in [9.17, 15) is 19.5 Å². The molecule has 224 valence electrons. The highest BCUT2D eigenvalue weighted by Gasteiger charge is 2.48. The number of alkyl carbamates (subject to hydrolysis) is 2. The number of aliphatic hydroxyl groups is 1. The molecule has 2 aromatic carbocycles. The van der Waals surface area contributed by atoms with Gasteiger partial charge in [0.25, 0.3) is 0 Å². The fourth-order valence-corrected chi connectivity index (χ4v) is 4.23. The number of aliphatic hydroxyl groups excluding tert-OH is 1. The van der Waals surface area contributed by atoms with Crippen LogP contribution in [0.5, 0.6) is 11.5 Å². The molecule has 0 aliphatic carbocycles. The normalized spacial score (nSPS) is 17.2. The van der Waals surface area contributed by atoms with Gasteiger partial charge < -0.3 is 44.9 Å². The lowest BCUT2D eigenvalue weighted by molar-refractivity contribution is -0.151. The Morgan fingerprint density at radius 1 is 1.02 bits per heavy atom. The lowest BCUT2D eigenvalue weighted by Crippen LogP contribution is -2.72. The van der Waals surface area contributed by atoms with Crippen LogP contribution >= 0.6 is 0 Å². The number of hydrogen-bond donors (Lipinski definition) is 4. The Kier molecular flexibility index (Phi) is 11.2. The first-order valence-electron chi connectivity index (χ1n) is 13.3. The zero-order valence-electron chi connectivity index (χ0n) is 24.1. The van der Waals surface area contributed by atoms with Crippen LogP contribution in [0.15, 0.2) is 48.5 Å². The van der Waals surface area contributed by atoms with Crippen molar-refractivity contribution in [1.29, 1.82) is 0 Å². The highest BCUT2D eigenvalue weighted by molar-refractivity contribution is 5.92. The Morgan fingerprint density at radius 3 is 2.41 bits per heavy atom. The van der Waals surface area contributed by atoms with Crippen LogP contribution in [0.1, 0.15) is 31.9 Å². The first-order valence-corrected chi connectivity index (χ1v) is 13.3. The second-order valence-electron chi connectivity index (χ2n) is 10.6. The van der Waals surface area contributed by atoms with Crippen LogP contribution in [0.4, 0.5) is 9.59 Å². The van der Waals surface area contributed by atoms with Crippen molar-refractivity contribution in [2.45, 2.75) is 57.7 Å². The Bertz CT molecular complexity index is 1170. The number of rotatable bonds is 13. The molecule has 0 unspecified atom stereocenters. The smallest absolute Gasteiger partial charge is 0.408 e. The average Bonchev–Trinajstić information content (AvgIpc) is 2.95. The van der Waals surface area contributed by atoms with Gasteiger partial charge in [0.1, 0.15) is 29.7 Å². The number of β-lactam (4-membered cyclic amide) rings is 1. The molecule has 1 aliphatic heterocycles. The van der Waals surface area contributed by atoms with Crippen molar-refractivity contribution in [3.8, 4) is 11.5 Å². The number of hydrogen-bond acceptors (Lipinski definition) is 9. The zero-order valence-corrected chi connectivity index (χ0v) is 24.1. The molecule has 1 heterocycles. The average molecular weight is 573 g/mol. The second-order valence-corrected chi connectivity index (χ2v) is 10.6. The summed E-state index contributed by atoms with van der Waals surface area (Å²) >= 11 is 0. The highest BCUT2D eigenvalue weighted by atomic mass is 16.6. The number of nitrogens with zero attached hydrogens (tertiary/aromatic N) is 1. The molecule has 3 atom stereocenters. The monoisotopic (exact) mass is 572 g/mol. The van der Waals surface area contributed by atoms with E-state index in [-0.39, 0.29) is 38.7 Å². The summed E-state index contributed by atoms with van der Waals surface area (Å²) in [6, 6.07) is 13.3. The number of amides is 3. The number of carbonyl (C=O) groups is 3. The molecule has 0 aromatic heterocycles. The van der Waals surface area contributed by atoms with Crippen LogP contribution in [-0.2, 0) is 27.4 Å². The molecule has 41 heavy (non-hydrogen) atoms. The van der Waals surface area contributed by atoms with Gasteiger partial charge in [-0.05, 0) is 38.5 Å². The van der Waals surface area contributed by atoms with Crippen molar-refractivity contribution in [3.63, 3.8) is 0 Å². The molecular formula is C29H40N4O8. The predicted octanol–water partition coefficient (Wildman–Crippen LogP) is 2.18. The molecule has 0 bridgehead atoms. The van der Waals surface area contributed by atoms with Gasteiger partial charge in [-0.1, -0.05) is 30.3 Å². The van der Waals surface area contributed by atoms with Crippen molar-refractivity contribution >= 4 is 18.1 Å². The summed E-state index contributed by atoms with van der Waals surface area (Å²) in [5, 5.41) is 18.6. The van der Waals surface area contributed by atoms with Crippen LogP contribution in [0.3, 0.4) is 0 Å². The topological polar surface area (TPSA) is 148 Å². The number of ether oxygens (including phenoxy) is 4. The second kappa shape index (κ2) is 14.6. The summed E-state index contributed by atoms with van der Waals surface area (Å²) in [5.41, 5.74) is 0.936. The third-order valence-corrected chi connectivity index (χ3v) is 6.27. The molecule has 1 saturated heterocycles. The summed E-state index contributed by atoms with van der Waals surface area (Å²) in [6.45, 7) is 5.92. The molecule has 0 saturated carbocycles. The van der Waals surface area contributed by atoms with Gasteiger partial charge in [0.2, 0.25) is 5.91 Å². The molecule has 1 aliphatic rings. The molecule has 4 N–H and O–H groups in total. The van der Waals surface area contributed by atoms with E-state index in [1.54, 1.807) is 44.9 Å². The number of nitrogens with one attached hydrogen (secondary N) is 3. The molecular weight excluding hydrogens is 532 g/mol. The minimum absolute atomic E-state index is 0.0221. The van der Waals surface area contributed by atoms with Gasteiger partial charge in [-0.3, -0.25) is 4.79 Å². The van der Waals surface area contributed by atoms with Gasteiger partial charge in [-0.25, -0.2) is 9.59 Å². The van der Waals surface area contributed by atoms with Crippen molar-refractivity contribution in [2.75, 3.05) is 33.9 Å². The lowest BCUT2D eigenvalue weighted by Gasteiger charge is -2.47. The van der Waals surface area contributed by atoms with Gasteiger partial charge >= 0.3 is 12.2 Å². The van der Waals surface area contributed by atoms with Crippen LogP contribution in [-0.4, -0.2) is 85.7 Å². The Hall–Kier alpha value is -4.03. The van der Waals surface area contributed by atoms with Crippen molar-refractivity contribution in [2.24, 2.45) is 0 Å². The molecule has 0 spiro atoms. The van der Waals surface area contributed by atoms with E-state index in [0.29, 0.717) is 11.5 Å². The molecule has 1 fully saturated rings. The minimum atomic E-state index is -0.907. The minimum Gasteiger partial charge on any atom is -0.497 e. The fraction of sp³-hybridized carbons (Fsp3) is 0.483. The van der Waals surface area contributed by atoms with Crippen LogP contribution < -0.4 is 25.4 Å². The largest absolute Gasteiger partial charge is 0.497 e. The van der Waals surface area contributed by atoms with Crippen molar-refractivity contribution < 1.29 is 38.4 Å². The molecule has 2 aromatic rings. The summed E-state index contributed by atoms with van der Waals surface area (Å²) in [4.78, 5) is 39.1. The third kappa shape index (κ3) is 9.54. The maximum Gasteiger partial charge on any atom is 0.408 e. The fourth-order valence-electron chi connectivity index (χ4n) is 4.23. The van der Waals surface area contributed by atoms with E-state index >= 15 is 0 Å². The van der Waals surface area contributed by atoms with Gasteiger partial charge in [0, 0.05) is 37.8 Å². The maximum absolute atomic E-state index is 13.1. The predicted molar refractivity (Wildman–Crippen MR) is 151 cm³/mol. The zero-order chi connectivity index (χ0) is 30.0. The van der Waals surface area contributed by atoms with Crippen LogP contribution in [0.2, 0.25) is 0 Å². The summed E-state index contributed by atoms with van der Waals surface area (Å²) in [6.07, 6.45) is -2.24. The summed E-state index contributed by atoms with van der Waals surface area (Å²) in [7, 11) is 3.09. The van der Waals surface area contributed by atoms with E-state index in [1.807, 2.05) is 36.4 Å². The standard InChI is InChI=1S/C29H40N4O8/c1-29(2,3)41-27(36)31-15-21(34)14-30-16-23-25(32-28(37)40-18-19-9-7-6-8-10-19)26(35)33(23)17-20-11-12-22(38-4)13-24(20)39-5/h6-13,21,23,25,30,34H,14-18H2,1-5H3,(H,31,36)(H,32,37)/t21-,23-,25+/m1/s1. The van der Waals surface area contributed by atoms with Gasteiger partial charge in [0.15, 0.2) is 0 Å². The van der Waals surface area contributed by atoms with E-state index in [1.165, 1.54) is 7.11 Å². The van der Waals surface area contributed by atoms with E-state index in [0.717, 1.165) is 11.1 Å². The van der Waals surface area contributed by atoms with Crippen LogP contribution in [0, 0.1) is 0 Å². The molecule has 3 amide bonds.